The Bertz CT molecular complexity index is 518. The summed E-state index contributed by atoms with van der Waals surface area (Å²) in [7, 11) is 1.64. The Morgan fingerprint density at radius 1 is 1.06 bits per heavy atom. The summed E-state index contributed by atoms with van der Waals surface area (Å²) in [4.78, 5) is 4.35. The van der Waals surface area contributed by atoms with Crippen molar-refractivity contribution in [1.29, 1.82) is 0 Å². The van der Waals surface area contributed by atoms with Gasteiger partial charge in [-0.05, 0) is 30.3 Å². The number of ether oxygens (including phenoxy) is 1. The minimum atomic E-state index is 0.727. The number of nitrogens with zero attached hydrogens (tertiary/aromatic N) is 1. The third kappa shape index (κ3) is 2.84. The van der Waals surface area contributed by atoms with E-state index in [-0.39, 0.29) is 0 Å². The van der Waals surface area contributed by atoms with Gasteiger partial charge in [-0.1, -0.05) is 18.2 Å². The number of nitrogen functional groups attached to an aromatic ring is 1. The zero-order valence-electron chi connectivity index (χ0n) is 9.63. The van der Waals surface area contributed by atoms with Crippen molar-refractivity contribution in [2.24, 2.45) is 4.99 Å². The van der Waals surface area contributed by atoms with E-state index in [9.17, 15) is 0 Å². The molecule has 17 heavy (non-hydrogen) atoms. The number of methoxy groups -OCH3 is 1. The molecule has 0 aliphatic heterocycles. The number of para-hydroxylation sites is 1. The molecule has 0 saturated heterocycles. The quantitative estimate of drug-likeness (QED) is 0.646. The van der Waals surface area contributed by atoms with Crippen LogP contribution < -0.4 is 10.5 Å². The van der Waals surface area contributed by atoms with E-state index in [1.165, 1.54) is 0 Å². The van der Waals surface area contributed by atoms with Crippen LogP contribution in [0, 0.1) is 0 Å². The van der Waals surface area contributed by atoms with Gasteiger partial charge in [0, 0.05) is 17.5 Å². The molecule has 0 fully saturated rings. The first-order chi connectivity index (χ1) is 8.29. The lowest BCUT2D eigenvalue weighted by Crippen LogP contribution is -1.91. The molecule has 2 aromatic carbocycles. The van der Waals surface area contributed by atoms with Crippen LogP contribution >= 0.6 is 0 Å². The van der Waals surface area contributed by atoms with Crippen LogP contribution in [0.15, 0.2) is 53.5 Å². The normalized spacial score (nSPS) is 10.6. The summed E-state index contributed by atoms with van der Waals surface area (Å²) in [6, 6.07) is 15.2. The predicted molar refractivity (Wildman–Crippen MR) is 71.1 cm³/mol. The Morgan fingerprint density at radius 2 is 1.76 bits per heavy atom. The number of benzene rings is 2. The van der Waals surface area contributed by atoms with Gasteiger partial charge in [-0.15, -0.1) is 0 Å². The molecule has 0 amide bonds. The van der Waals surface area contributed by atoms with Crippen LogP contribution in [0.5, 0.6) is 5.75 Å². The first-order valence-corrected chi connectivity index (χ1v) is 5.32. The first-order valence-electron chi connectivity index (χ1n) is 5.32. The second-order valence-corrected chi connectivity index (χ2v) is 3.59. The molecule has 2 aromatic rings. The van der Waals surface area contributed by atoms with Crippen LogP contribution in [-0.4, -0.2) is 13.3 Å². The van der Waals surface area contributed by atoms with Crippen molar-refractivity contribution in [2.45, 2.75) is 0 Å². The summed E-state index contributed by atoms with van der Waals surface area (Å²) in [6.45, 7) is 0. The van der Waals surface area contributed by atoms with E-state index < -0.39 is 0 Å². The van der Waals surface area contributed by atoms with Gasteiger partial charge < -0.3 is 10.5 Å². The third-order valence-corrected chi connectivity index (χ3v) is 2.42. The van der Waals surface area contributed by atoms with Crippen molar-refractivity contribution < 1.29 is 4.74 Å². The van der Waals surface area contributed by atoms with Crippen molar-refractivity contribution >= 4 is 17.6 Å². The summed E-state index contributed by atoms with van der Waals surface area (Å²) in [5.41, 5.74) is 8.33. The van der Waals surface area contributed by atoms with Gasteiger partial charge >= 0.3 is 0 Å². The minimum Gasteiger partial charge on any atom is -0.497 e. The number of hydrogen-bond donors (Lipinski definition) is 1. The minimum absolute atomic E-state index is 0.727. The summed E-state index contributed by atoms with van der Waals surface area (Å²) in [5, 5.41) is 0. The van der Waals surface area contributed by atoms with E-state index in [0.717, 1.165) is 22.7 Å². The first kappa shape index (κ1) is 11.2. The molecule has 2 rings (SSSR count). The molecule has 0 spiro atoms. The average Bonchev–Trinajstić information content (AvgIpc) is 2.38. The predicted octanol–water partition coefficient (Wildman–Crippen LogP) is 3.03. The van der Waals surface area contributed by atoms with Crippen LogP contribution in [0.25, 0.3) is 0 Å². The number of hydrogen-bond acceptors (Lipinski definition) is 3. The maximum Gasteiger partial charge on any atom is 0.119 e. The van der Waals surface area contributed by atoms with Gasteiger partial charge in [0.05, 0.1) is 12.8 Å². The highest BCUT2D eigenvalue weighted by Gasteiger charge is 1.94. The van der Waals surface area contributed by atoms with Gasteiger partial charge in [-0.25, -0.2) is 0 Å². The fourth-order valence-corrected chi connectivity index (χ4v) is 1.44. The number of anilines is 1. The Morgan fingerprint density at radius 3 is 2.41 bits per heavy atom. The van der Waals surface area contributed by atoms with E-state index in [0.29, 0.717) is 0 Å². The molecule has 0 unspecified atom stereocenters. The molecular formula is C14H14N2O. The highest BCUT2D eigenvalue weighted by atomic mass is 16.5. The molecule has 0 saturated carbocycles. The van der Waals surface area contributed by atoms with E-state index in [2.05, 4.69) is 4.99 Å². The molecular weight excluding hydrogens is 212 g/mol. The number of rotatable bonds is 3. The molecule has 0 atom stereocenters. The average molecular weight is 226 g/mol. The van der Waals surface area contributed by atoms with Crippen molar-refractivity contribution in [3.63, 3.8) is 0 Å². The SMILES string of the molecule is COc1ccc(N=Cc2ccccc2N)cc1. The fourth-order valence-electron chi connectivity index (χ4n) is 1.44. The van der Waals surface area contributed by atoms with Crippen molar-refractivity contribution in [3.8, 4) is 5.75 Å². The Labute approximate surface area is 101 Å². The lowest BCUT2D eigenvalue weighted by atomic mass is 10.2. The highest BCUT2D eigenvalue weighted by molar-refractivity contribution is 5.88. The molecule has 2 N–H and O–H groups in total. The summed E-state index contributed by atoms with van der Waals surface area (Å²) in [6.07, 6.45) is 1.76. The van der Waals surface area contributed by atoms with Gasteiger partial charge in [0.1, 0.15) is 5.75 Å². The van der Waals surface area contributed by atoms with Gasteiger partial charge in [-0.3, -0.25) is 4.99 Å². The molecule has 3 heteroatoms. The van der Waals surface area contributed by atoms with Crippen LogP contribution in [0.3, 0.4) is 0 Å². The monoisotopic (exact) mass is 226 g/mol. The molecule has 0 aliphatic carbocycles. The van der Waals surface area contributed by atoms with Crippen molar-refractivity contribution in [2.75, 3.05) is 12.8 Å². The van der Waals surface area contributed by atoms with Crippen LogP contribution in [0.1, 0.15) is 5.56 Å². The van der Waals surface area contributed by atoms with Gasteiger partial charge in [0.2, 0.25) is 0 Å². The Kier molecular flexibility index (Phi) is 3.40. The largest absolute Gasteiger partial charge is 0.497 e. The third-order valence-electron chi connectivity index (χ3n) is 2.42. The molecule has 86 valence electrons. The van der Waals surface area contributed by atoms with Gasteiger partial charge in [0.25, 0.3) is 0 Å². The van der Waals surface area contributed by atoms with Crippen LogP contribution in [0.4, 0.5) is 11.4 Å². The van der Waals surface area contributed by atoms with Crippen molar-refractivity contribution in [1.82, 2.24) is 0 Å². The van der Waals surface area contributed by atoms with Gasteiger partial charge in [-0.2, -0.15) is 0 Å². The van der Waals surface area contributed by atoms with Crippen LogP contribution in [0.2, 0.25) is 0 Å². The molecule has 0 bridgehead atoms. The Balaban J connectivity index is 2.17. The molecule has 0 aromatic heterocycles. The molecule has 0 aliphatic rings. The zero-order chi connectivity index (χ0) is 12.1. The second kappa shape index (κ2) is 5.16. The number of aliphatic imine (C=N–C) groups is 1. The van der Waals surface area contributed by atoms with E-state index in [1.54, 1.807) is 13.3 Å². The van der Waals surface area contributed by atoms with Crippen LogP contribution in [-0.2, 0) is 0 Å². The second-order valence-electron chi connectivity index (χ2n) is 3.59. The standard InChI is InChI=1S/C14H14N2O/c1-17-13-8-6-12(7-9-13)16-10-11-4-2-3-5-14(11)15/h2-10H,15H2,1H3. The smallest absolute Gasteiger partial charge is 0.119 e. The highest BCUT2D eigenvalue weighted by Crippen LogP contribution is 2.18. The maximum absolute atomic E-state index is 5.82. The maximum atomic E-state index is 5.82. The molecule has 0 radical (unpaired) electrons. The summed E-state index contributed by atoms with van der Waals surface area (Å²) >= 11 is 0. The van der Waals surface area contributed by atoms with E-state index in [4.69, 9.17) is 10.5 Å². The van der Waals surface area contributed by atoms with Gasteiger partial charge in [0.15, 0.2) is 0 Å². The zero-order valence-corrected chi connectivity index (χ0v) is 9.63. The Hall–Kier alpha value is -2.29. The molecule has 0 heterocycles. The summed E-state index contributed by atoms with van der Waals surface area (Å²) in [5.74, 6) is 0.822. The lowest BCUT2D eigenvalue weighted by molar-refractivity contribution is 0.415. The fraction of sp³-hybridized carbons (Fsp3) is 0.0714. The van der Waals surface area contributed by atoms with Crippen molar-refractivity contribution in [3.05, 3.63) is 54.1 Å². The summed E-state index contributed by atoms with van der Waals surface area (Å²) < 4.78 is 5.08. The lowest BCUT2D eigenvalue weighted by Gasteiger charge is -2.00. The molecule has 3 nitrogen and oxygen atoms in total. The number of nitrogens with two attached hydrogens (primary N) is 1. The van der Waals surface area contributed by atoms with E-state index in [1.807, 2.05) is 48.5 Å². The topological polar surface area (TPSA) is 47.6 Å². The van der Waals surface area contributed by atoms with E-state index >= 15 is 0 Å².